The first-order valence-corrected chi connectivity index (χ1v) is 7.01. The van der Waals surface area contributed by atoms with E-state index < -0.39 is 0 Å². The van der Waals surface area contributed by atoms with Gasteiger partial charge in [-0.3, -0.25) is 4.79 Å². The molecule has 0 atom stereocenters. The summed E-state index contributed by atoms with van der Waals surface area (Å²) in [6.07, 6.45) is 0. The molecule has 0 unspecified atom stereocenters. The summed E-state index contributed by atoms with van der Waals surface area (Å²) in [6, 6.07) is 8.85. The van der Waals surface area contributed by atoms with E-state index >= 15 is 0 Å². The van der Waals surface area contributed by atoms with Gasteiger partial charge >= 0.3 is 0 Å². The molecule has 2 aliphatic rings. The molecule has 5 nitrogen and oxygen atoms in total. The van der Waals surface area contributed by atoms with Crippen molar-refractivity contribution in [3.05, 3.63) is 40.6 Å². The lowest BCUT2D eigenvalue weighted by atomic mass is 10.2. The summed E-state index contributed by atoms with van der Waals surface area (Å²) in [5, 5.41) is 0. The van der Waals surface area contributed by atoms with Gasteiger partial charge in [-0.2, -0.15) is 0 Å². The second-order valence-corrected chi connectivity index (χ2v) is 4.90. The number of nitrogens with zero attached hydrogens (tertiary/aromatic N) is 2. The van der Waals surface area contributed by atoms with E-state index in [2.05, 4.69) is 23.7 Å². The Labute approximate surface area is 122 Å². The SMILES string of the molecule is CCN(CC)c1ccc2nc3cc(N)c(=O)cc-3oc2c1. The minimum Gasteiger partial charge on any atom is -0.453 e. The average molecular weight is 283 g/mol. The van der Waals surface area contributed by atoms with Crippen LogP contribution in [0.15, 0.2) is 39.5 Å². The fraction of sp³-hybridized carbons (Fsp3) is 0.250. The summed E-state index contributed by atoms with van der Waals surface area (Å²) in [5.41, 5.74) is 8.65. The van der Waals surface area contributed by atoms with E-state index in [-0.39, 0.29) is 11.1 Å². The number of nitrogen functional groups attached to an aromatic ring is 1. The van der Waals surface area contributed by atoms with E-state index in [0.717, 1.165) is 24.3 Å². The summed E-state index contributed by atoms with van der Waals surface area (Å²) >= 11 is 0. The molecule has 0 amide bonds. The van der Waals surface area contributed by atoms with Crippen LogP contribution in [0.2, 0.25) is 0 Å². The molecular formula is C16H17N3O2. The van der Waals surface area contributed by atoms with Gasteiger partial charge in [0.1, 0.15) is 11.2 Å². The first-order chi connectivity index (χ1) is 10.1. The summed E-state index contributed by atoms with van der Waals surface area (Å²) in [5.74, 6) is 0.457. The van der Waals surface area contributed by atoms with Crippen molar-refractivity contribution < 1.29 is 4.42 Å². The first kappa shape index (κ1) is 13.4. The molecule has 0 radical (unpaired) electrons. The van der Waals surface area contributed by atoms with Gasteiger partial charge in [0.15, 0.2) is 11.3 Å². The number of benzene rings is 2. The van der Waals surface area contributed by atoms with Gasteiger partial charge in [0.2, 0.25) is 5.43 Å². The number of anilines is 2. The van der Waals surface area contributed by atoms with Gasteiger partial charge < -0.3 is 15.1 Å². The van der Waals surface area contributed by atoms with Crippen LogP contribution in [0.5, 0.6) is 0 Å². The Morgan fingerprint density at radius 2 is 1.95 bits per heavy atom. The first-order valence-electron chi connectivity index (χ1n) is 7.01. The average Bonchev–Trinajstić information content (AvgIpc) is 2.48. The molecule has 1 aromatic rings. The highest BCUT2D eigenvalue weighted by Gasteiger charge is 2.12. The van der Waals surface area contributed by atoms with Crippen molar-refractivity contribution in [1.29, 1.82) is 0 Å². The number of aromatic nitrogens is 1. The van der Waals surface area contributed by atoms with E-state index in [1.54, 1.807) is 6.07 Å². The third kappa shape index (κ3) is 2.31. The summed E-state index contributed by atoms with van der Waals surface area (Å²) in [7, 11) is 0. The Kier molecular flexibility index (Phi) is 3.25. The molecule has 3 rings (SSSR count). The Morgan fingerprint density at radius 1 is 1.19 bits per heavy atom. The Balaban J connectivity index is 2.22. The molecule has 0 saturated heterocycles. The Bertz CT molecular complexity index is 822. The molecule has 1 heterocycles. The highest BCUT2D eigenvalue weighted by Crippen LogP contribution is 2.27. The predicted octanol–water partition coefficient (Wildman–Crippen LogP) is 2.72. The molecule has 0 saturated carbocycles. The number of rotatable bonds is 3. The second-order valence-electron chi connectivity index (χ2n) is 4.90. The van der Waals surface area contributed by atoms with E-state index in [4.69, 9.17) is 10.2 Å². The van der Waals surface area contributed by atoms with Crippen LogP contribution in [0.1, 0.15) is 13.8 Å². The Hall–Kier alpha value is -2.56. The fourth-order valence-corrected chi connectivity index (χ4v) is 2.45. The monoisotopic (exact) mass is 283 g/mol. The molecule has 0 aromatic heterocycles. The maximum atomic E-state index is 11.6. The molecule has 0 bridgehead atoms. The molecule has 5 heteroatoms. The fourth-order valence-electron chi connectivity index (χ4n) is 2.45. The molecule has 0 fully saturated rings. The maximum absolute atomic E-state index is 11.6. The van der Waals surface area contributed by atoms with E-state index in [9.17, 15) is 4.79 Å². The number of hydrogen-bond acceptors (Lipinski definition) is 5. The third-order valence-corrected chi connectivity index (χ3v) is 3.62. The highest BCUT2D eigenvalue weighted by atomic mass is 16.3. The molecule has 2 N–H and O–H groups in total. The van der Waals surface area contributed by atoms with E-state index in [1.807, 2.05) is 18.2 Å². The zero-order chi connectivity index (χ0) is 15.0. The largest absolute Gasteiger partial charge is 0.453 e. The number of fused-ring (bicyclic) bond motifs is 2. The lowest BCUT2D eigenvalue weighted by molar-refractivity contribution is 0.612. The number of nitrogens with two attached hydrogens (primary N) is 1. The van der Waals surface area contributed by atoms with Crippen LogP contribution >= 0.6 is 0 Å². The van der Waals surface area contributed by atoms with Crippen molar-refractivity contribution in [2.24, 2.45) is 0 Å². The van der Waals surface area contributed by atoms with Crippen molar-refractivity contribution in [3.8, 4) is 11.5 Å². The van der Waals surface area contributed by atoms with Gasteiger partial charge in [0, 0.05) is 30.9 Å². The van der Waals surface area contributed by atoms with Crippen LogP contribution < -0.4 is 16.1 Å². The molecular weight excluding hydrogens is 266 g/mol. The van der Waals surface area contributed by atoms with Crippen LogP contribution in [0.25, 0.3) is 22.6 Å². The molecule has 21 heavy (non-hydrogen) atoms. The summed E-state index contributed by atoms with van der Waals surface area (Å²) < 4.78 is 5.82. The molecule has 0 spiro atoms. The van der Waals surface area contributed by atoms with Crippen molar-refractivity contribution in [2.75, 3.05) is 23.7 Å². The zero-order valence-corrected chi connectivity index (χ0v) is 12.1. The normalized spacial score (nSPS) is 11.1. The van der Waals surface area contributed by atoms with Crippen molar-refractivity contribution in [1.82, 2.24) is 4.98 Å². The van der Waals surface area contributed by atoms with Crippen LogP contribution in [0.3, 0.4) is 0 Å². The van der Waals surface area contributed by atoms with Crippen molar-refractivity contribution in [2.45, 2.75) is 13.8 Å². The topological polar surface area (TPSA) is 72.4 Å². The summed E-state index contributed by atoms with van der Waals surface area (Å²) in [4.78, 5) is 18.3. The molecule has 1 aliphatic heterocycles. The van der Waals surface area contributed by atoms with Crippen LogP contribution in [0, 0.1) is 0 Å². The van der Waals surface area contributed by atoms with Gasteiger partial charge in [-0.25, -0.2) is 4.98 Å². The van der Waals surface area contributed by atoms with Crippen molar-refractivity contribution in [3.63, 3.8) is 0 Å². The number of hydrogen-bond donors (Lipinski definition) is 1. The predicted molar refractivity (Wildman–Crippen MR) is 84.9 cm³/mol. The third-order valence-electron chi connectivity index (χ3n) is 3.62. The smallest absolute Gasteiger partial charge is 0.205 e. The van der Waals surface area contributed by atoms with Gasteiger partial charge in [0.25, 0.3) is 0 Å². The van der Waals surface area contributed by atoms with Gasteiger partial charge in [0.05, 0.1) is 5.69 Å². The summed E-state index contributed by atoms with van der Waals surface area (Å²) in [6.45, 7) is 6.06. The lowest BCUT2D eigenvalue weighted by Crippen LogP contribution is -2.21. The van der Waals surface area contributed by atoms with Crippen LogP contribution in [-0.4, -0.2) is 18.1 Å². The zero-order valence-electron chi connectivity index (χ0n) is 12.1. The van der Waals surface area contributed by atoms with Gasteiger partial charge in [-0.05, 0) is 32.0 Å². The quantitative estimate of drug-likeness (QED) is 0.591. The lowest BCUT2D eigenvalue weighted by Gasteiger charge is -2.21. The van der Waals surface area contributed by atoms with Gasteiger partial charge in [-0.1, -0.05) is 0 Å². The van der Waals surface area contributed by atoms with Crippen LogP contribution in [-0.2, 0) is 0 Å². The van der Waals surface area contributed by atoms with Crippen molar-refractivity contribution >= 4 is 22.5 Å². The standard InChI is InChI=1S/C16H17N3O2/c1-3-19(4-2)10-5-6-12-15(7-10)21-16-9-14(20)11(17)8-13(16)18-12/h5-9H,3-4,17H2,1-2H3. The minimum absolute atomic E-state index is 0.185. The van der Waals surface area contributed by atoms with E-state index in [0.29, 0.717) is 17.0 Å². The van der Waals surface area contributed by atoms with Gasteiger partial charge in [-0.15, -0.1) is 0 Å². The Morgan fingerprint density at radius 3 is 2.67 bits per heavy atom. The van der Waals surface area contributed by atoms with E-state index in [1.165, 1.54) is 6.07 Å². The molecule has 1 aliphatic carbocycles. The minimum atomic E-state index is -0.243. The highest BCUT2D eigenvalue weighted by molar-refractivity contribution is 5.80. The molecule has 1 aromatic carbocycles. The second kappa shape index (κ2) is 5.09. The van der Waals surface area contributed by atoms with Crippen LogP contribution in [0.4, 0.5) is 11.4 Å². The molecule has 108 valence electrons. The maximum Gasteiger partial charge on any atom is 0.205 e.